The molecule has 3 aromatic rings. The van der Waals surface area contributed by atoms with Gasteiger partial charge in [-0.1, -0.05) is 17.7 Å². The molecule has 1 aliphatic rings. The number of methoxy groups -OCH3 is 2. The summed E-state index contributed by atoms with van der Waals surface area (Å²) >= 11 is 6.10. The van der Waals surface area contributed by atoms with Gasteiger partial charge in [-0.3, -0.25) is 9.10 Å². The monoisotopic (exact) mass is 529 g/mol. The van der Waals surface area contributed by atoms with Crippen LogP contribution in [-0.4, -0.2) is 66.7 Å². The van der Waals surface area contributed by atoms with E-state index in [2.05, 4.69) is 4.90 Å². The zero-order chi connectivity index (χ0) is 25.9. The highest BCUT2D eigenvalue weighted by Crippen LogP contribution is 2.32. The molecule has 10 heteroatoms. The maximum atomic E-state index is 13.2. The molecule has 1 aliphatic heterocycles. The lowest BCUT2D eigenvalue weighted by Crippen LogP contribution is -2.48. The topological polar surface area (TPSA) is 79.4 Å². The lowest BCUT2D eigenvalue weighted by Gasteiger charge is -2.36. The van der Waals surface area contributed by atoms with Crippen LogP contribution < -0.4 is 18.7 Å². The molecule has 4 rings (SSSR count). The van der Waals surface area contributed by atoms with E-state index in [0.717, 1.165) is 5.69 Å². The van der Waals surface area contributed by atoms with Crippen LogP contribution in [0.25, 0.3) is 0 Å². The maximum absolute atomic E-state index is 13.2. The quantitative estimate of drug-likeness (QED) is 0.457. The molecular formula is C26H28ClN3O5S. The van der Waals surface area contributed by atoms with Crippen LogP contribution in [0.4, 0.5) is 11.4 Å². The van der Waals surface area contributed by atoms with Crippen molar-refractivity contribution < 1.29 is 22.7 Å². The predicted molar refractivity (Wildman–Crippen MR) is 141 cm³/mol. The molecule has 190 valence electrons. The molecule has 0 unspecified atom stereocenters. The molecule has 0 atom stereocenters. The molecule has 0 spiro atoms. The number of carbonyl (C=O) groups is 1. The Morgan fingerprint density at radius 1 is 0.889 bits per heavy atom. The fourth-order valence-corrected chi connectivity index (χ4v) is 5.51. The first-order chi connectivity index (χ1) is 17.2. The summed E-state index contributed by atoms with van der Waals surface area (Å²) < 4.78 is 38.0. The maximum Gasteiger partial charge on any atom is 0.264 e. The summed E-state index contributed by atoms with van der Waals surface area (Å²) in [7, 11) is 0.554. The van der Waals surface area contributed by atoms with Crippen molar-refractivity contribution >= 4 is 38.9 Å². The number of ether oxygens (including phenoxy) is 2. The highest BCUT2D eigenvalue weighted by atomic mass is 35.5. The third-order valence-electron chi connectivity index (χ3n) is 6.23. The van der Waals surface area contributed by atoms with Crippen LogP contribution in [0.15, 0.2) is 71.6 Å². The number of hydrogen-bond acceptors (Lipinski definition) is 6. The third kappa shape index (κ3) is 5.22. The first-order valence-corrected chi connectivity index (χ1v) is 13.2. The molecule has 8 nitrogen and oxygen atoms in total. The van der Waals surface area contributed by atoms with Crippen molar-refractivity contribution in [2.45, 2.75) is 4.90 Å². The van der Waals surface area contributed by atoms with Gasteiger partial charge in [-0.2, -0.15) is 0 Å². The van der Waals surface area contributed by atoms with E-state index >= 15 is 0 Å². The Kier molecular flexibility index (Phi) is 7.61. The van der Waals surface area contributed by atoms with E-state index in [0.29, 0.717) is 54.0 Å². The van der Waals surface area contributed by atoms with Gasteiger partial charge < -0.3 is 19.3 Å². The lowest BCUT2D eigenvalue weighted by atomic mass is 10.1. The van der Waals surface area contributed by atoms with Crippen LogP contribution in [0.3, 0.4) is 0 Å². The average molecular weight is 530 g/mol. The smallest absolute Gasteiger partial charge is 0.264 e. The van der Waals surface area contributed by atoms with Crippen molar-refractivity contribution in [1.29, 1.82) is 0 Å². The van der Waals surface area contributed by atoms with E-state index in [1.165, 1.54) is 37.7 Å². The number of carbonyl (C=O) groups excluding carboxylic acids is 1. The number of amides is 1. The van der Waals surface area contributed by atoms with Gasteiger partial charge in [-0.25, -0.2) is 8.42 Å². The summed E-state index contributed by atoms with van der Waals surface area (Å²) in [6.07, 6.45) is 0. The molecule has 0 bridgehead atoms. The molecule has 1 heterocycles. The van der Waals surface area contributed by atoms with E-state index < -0.39 is 10.0 Å². The minimum absolute atomic E-state index is 0.0698. The van der Waals surface area contributed by atoms with Gasteiger partial charge in [0.25, 0.3) is 15.9 Å². The molecule has 36 heavy (non-hydrogen) atoms. The number of piperazine rings is 1. The van der Waals surface area contributed by atoms with Crippen LogP contribution in [0.2, 0.25) is 5.02 Å². The highest BCUT2D eigenvalue weighted by molar-refractivity contribution is 7.92. The Bertz CT molecular complexity index is 1340. The highest BCUT2D eigenvalue weighted by Gasteiger charge is 2.25. The van der Waals surface area contributed by atoms with Gasteiger partial charge in [-0.05, 0) is 54.6 Å². The first-order valence-electron chi connectivity index (χ1n) is 11.4. The van der Waals surface area contributed by atoms with E-state index in [4.69, 9.17) is 21.1 Å². The summed E-state index contributed by atoms with van der Waals surface area (Å²) in [5.74, 6) is 0.677. The lowest BCUT2D eigenvalue weighted by molar-refractivity contribution is 0.0747. The van der Waals surface area contributed by atoms with Gasteiger partial charge in [0, 0.05) is 55.6 Å². The molecular weight excluding hydrogens is 502 g/mol. The standard InChI is InChI=1S/C26H28ClN3O5S/c1-28(36(32,33)23-11-12-24(34-2)25(18-23)35-3)21-9-7-19(8-10-21)26(31)30-15-13-29(14-16-30)22-6-4-5-20(27)17-22/h4-12,17-18H,13-16H2,1-3H3. The molecule has 0 aromatic heterocycles. The van der Waals surface area contributed by atoms with Crippen molar-refractivity contribution in [3.05, 3.63) is 77.3 Å². The van der Waals surface area contributed by atoms with Gasteiger partial charge in [0.2, 0.25) is 0 Å². The summed E-state index contributed by atoms with van der Waals surface area (Å²) in [6, 6.07) is 18.7. The van der Waals surface area contributed by atoms with Crippen LogP contribution in [0.1, 0.15) is 10.4 Å². The normalized spacial score (nSPS) is 13.9. The van der Waals surface area contributed by atoms with Crippen LogP contribution in [0, 0.1) is 0 Å². The van der Waals surface area contributed by atoms with E-state index in [9.17, 15) is 13.2 Å². The molecule has 0 saturated carbocycles. The Hall–Kier alpha value is -3.43. The summed E-state index contributed by atoms with van der Waals surface area (Å²) in [4.78, 5) is 17.1. The molecule has 3 aromatic carbocycles. The van der Waals surface area contributed by atoms with Crippen LogP contribution in [0.5, 0.6) is 11.5 Å². The second-order valence-electron chi connectivity index (χ2n) is 8.30. The number of halogens is 1. The first kappa shape index (κ1) is 25.7. The van der Waals surface area contributed by atoms with Crippen LogP contribution >= 0.6 is 11.6 Å². The molecule has 0 aliphatic carbocycles. The Balaban J connectivity index is 1.44. The third-order valence-corrected chi connectivity index (χ3v) is 8.25. The minimum Gasteiger partial charge on any atom is -0.493 e. The van der Waals surface area contributed by atoms with Crippen LogP contribution in [-0.2, 0) is 10.0 Å². The Morgan fingerprint density at radius 3 is 2.17 bits per heavy atom. The Morgan fingerprint density at radius 2 is 1.56 bits per heavy atom. The number of rotatable bonds is 7. The van der Waals surface area contributed by atoms with Crippen molar-refractivity contribution in [3.8, 4) is 11.5 Å². The summed E-state index contributed by atoms with van der Waals surface area (Å²) in [6.45, 7) is 2.58. The zero-order valence-corrected chi connectivity index (χ0v) is 21.9. The molecule has 1 amide bonds. The van der Waals surface area contributed by atoms with Gasteiger partial charge >= 0.3 is 0 Å². The van der Waals surface area contributed by atoms with E-state index in [-0.39, 0.29) is 10.8 Å². The second-order valence-corrected chi connectivity index (χ2v) is 10.7. The number of nitrogens with zero attached hydrogens (tertiary/aromatic N) is 3. The molecule has 0 N–H and O–H groups in total. The van der Waals surface area contributed by atoms with Gasteiger partial charge in [-0.15, -0.1) is 0 Å². The molecule has 0 radical (unpaired) electrons. The van der Waals surface area contributed by atoms with E-state index in [1.807, 2.05) is 24.3 Å². The summed E-state index contributed by atoms with van der Waals surface area (Å²) in [5, 5.41) is 0.684. The number of hydrogen-bond donors (Lipinski definition) is 0. The number of anilines is 2. The molecule has 1 saturated heterocycles. The minimum atomic E-state index is -3.85. The SMILES string of the molecule is COc1ccc(S(=O)(=O)N(C)c2ccc(C(=O)N3CCN(c4cccc(Cl)c4)CC3)cc2)cc1OC. The average Bonchev–Trinajstić information content (AvgIpc) is 2.92. The Labute approximate surface area is 216 Å². The second kappa shape index (κ2) is 10.7. The number of sulfonamides is 1. The van der Waals surface area contributed by atoms with Crippen molar-refractivity contribution in [3.63, 3.8) is 0 Å². The number of benzene rings is 3. The molecule has 1 fully saturated rings. The van der Waals surface area contributed by atoms with Crippen molar-refractivity contribution in [2.24, 2.45) is 0 Å². The van der Waals surface area contributed by atoms with Crippen molar-refractivity contribution in [1.82, 2.24) is 4.90 Å². The fourth-order valence-electron chi connectivity index (χ4n) is 4.11. The largest absolute Gasteiger partial charge is 0.493 e. The zero-order valence-electron chi connectivity index (χ0n) is 20.3. The fraction of sp³-hybridized carbons (Fsp3) is 0.269. The predicted octanol–water partition coefficient (Wildman–Crippen LogP) is 4.14. The van der Waals surface area contributed by atoms with E-state index in [1.54, 1.807) is 35.2 Å². The van der Waals surface area contributed by atoms with Gasteiger partial charge in [0.15, 0.2) is 11.5 Å². The summed E-state index contributed by atoms with van der Waals surface area (Å²) in [5.41, 5.74) is 1.98. The van der Waals surface area contributed by atoms with Gasteiger partial charge in [0.1, 0.15) is 0 Å². The van der Waals surface area contributed by atoms with Gasteiger partial charge in [0.05, 0.1) is 24.8 Å². The van der Waals surface area contributed by atoms with Crippen molar-refractivity contribution in [2.75, 3.05) is 56.7 Å².